The van der Waals surface area contributed by atoms with Gasteiger partial charge < -0.3 is 15.2 Å². The third kappa shape index (κ3) is 2.54. The second-order valence-corrected chi connectivity index (χ2v) is 4.62. The molecule has 0 aliphatic heterocycles. The van der Waals surface area contributed by atoms with Crippen LogP contribution in [0.2, 0.25) is 0 Å². The maximum Gasteiger partial charge on any atom is 0.124 e. The molecule has 0 unspecified atom stereocenters. The fourth-order valence-corrected chi connectivity index (χ4v) is 1.92. The molecule has 0 bridgehead atoms. The normalized spacial score (nSPS) is 17.2. The van der Waals surface area contributed by atoms with Crippen molar-refractivity contribution in [1.82, 2.24) is 0 Å². The molecule has 88 valence electrons. The van der Waals surface area contributed by atoms with Crippen LogP contribution >= 0.6 is 0 Å². The van der Waals surface area contributed by atoms with Crippen molar-refractivity contribution in [3.05, 3.63) is 29.3 Å². The Balaban J connectivity index is 2.15. The largest absolute Gasteiger partial charge is 0.496 e. The SMILES string of the molecule is COCc1ccc(CC2(N)CC2)cc1OC. The van der Waals surface area contributed by atoms with Gasteiger partial charge in [0.25, 0.3) is 0 Å². The summed E-state index contributed by atoms with van der Waals surface area (Å²) in [6.07, 6.45) is 3.21. The molecular weight excluding hydrogens is 202 g/mol. The number of hydrogen-bond acceptors (Lipinski definition) is 3. The van der Waals surface area contributed by atoms with E-state index in [1.165, 1.54) is 5.56 Å². The van der Waals surface area contributed by atoms with Gasteiger partial charge in [0, 0.05) is 18.2 Å². The lowest BCUT2D eigenvalue weighted by Gasteiger charge is -2.12. The minimum atomic E-state index is 0.0494. The van der Waals surface area contributed by atoms with Crippen LogP contribution in [0, 0.1) is 0 Å². The van der Waals surface area contributed by atoms with E-state index in [4.69, 9.17) is 15.2 Å². The zero-order valence-corrected chi connectivity index (χ0v) is 9.95. The highest BCUT2D eigenvalue weighted by Gasteiger charge is 2.37. The van der Waals surface area contributed by atoms with E-state index in [0.29, 0.717) is 6.61 Å². The van der Waals surface area contributed by atoms with Crippen LogP contribution in [0.4, 0.5) is 0 Å². The zero-order valence-electron chi connectivity index (χ0n) is 9.95. The standard InChI is InChI=1S/C13H19NO2/c1-15-9-11-4-3-10(7-12(11)16-2)8-13(14)5-6-13/h3-4,7H,5-6,8-9,14H2,1-2H3. The molecule has 3 nitrogen and oxygen atoms in total. The molecule has 1 aliphatic rings. The highest BCUT2D eigenvalue weighted by Crippen LogP contribution is 2.36. The first-order valence-corrected chi connectivity index (χ1v) is 5.60. The Hall–Kier alpha value is -1.06. The van der Waals surface area contributed by atoms with Crippen LogP contribution in [-0.4, -0.2) is 19.8 Å². The quantitative estimate of drug-likeness (QED) is 0.825. The van der Waals surface area contributed by atoms with E-state index in [1.54, 1.807) is 14.2 Å². The third-order valence-electron chi connectivity index (χ3n) is 3.10. The molecule has 0 spiro atoms. The molecule has 0 saturated heterocycles. The molecule has 0 aromatic heterocycles. The van der Waals surface area contributed by atoms with Crippen LogP contribution < -0.4 is 10.5 Å². The molecule has 3 heteroatoms. The van der Waals surface area contributed by atoms with E-state index >= 15 is 0 Å². The summed E-state index contributed by atoms with van der Waals surface area (Å²) in [5.41, 5.74) is 8.48. The van der Waals surface area contributed by atoms with Gasteiger partial charge in [-0.15, -0.1) is 0 Å². The number of ether oxygens (including phenoxy) is 2. The number of hydrogen-bond donors (Lipinski definition) is 1. The summed E-state index contributed by atoms with van der Waals surface area (Å²) < 4.78 is 10.5. The summed E-state index contributed by atoms with van der Waals surface area (Å²) in [6.45, 7) is 0.581. The molecule has 1 aromatic carbocycles. The lowest BCUT2D eigenvalue weighted by molar-refractivity contribution is 0.181. The molecule has 1 aliphatic carbocycles. The predicted octanol–water partition coefficient (Wildman–Crippen LogP) is 1.88. The Morgan fingerprint density at radius 1 is 1.31 bits per heavy atom. The molecule has 0 amide bonds. The maximum absolute atomic E-state index is 6.10. The summed E-state index contributed by atoms with van der Waals surface area (Å²) in [4.78, 5) is 0. The summed E-state index contributed by atoms with van der Waals surface area (Å²) >= 11 is 0. The Morgan fingerprint density at radius 3 is 2.62 bits per heavy atom. The van der Waals surface area contributed by atoms with Crippen molar-refractivity contribution < 1.29 is 9.47 Å². The molecule has 0 atom stereocenters. The molecule has 2 N–H and O–H groups in total. The van der Waals surface area contributed by atoms with Gasteiger partial charge in [0.1, 0.15) is 5.75 Å². The zero-order chi connectivity index (χ0) is 11.6. The first-order valence-electron chi connectivity index (χ1n) is 5.60. The Kier molecular flexibility index (Phi) is 3.17. The number of methoxy groups -OCH3 is 2. The summed E-state index contributed by atoms with van der Waals surface area (Å²) in [7, 11) is 3.38. The van der Waals surface area contributed by atoms with Crippen molar-refractivity contribution in [2.45, 2.75) is 31.4 Å². The average molecular weight is 221 g/mol. The van der Waals surface area contributed by atoms with Crippen molar-refractivity contribution in [3.8, 4) is 5.75 Å². The number of rotatable bonds is 5. The van der Waals surface area contributed by atoms with Gasteiger partial charge in [-0.3, -0.25) is 0 Å². The van der Waals surface area contributed by atoms with Crippen molar-refractivity contribution in [1.29, 1.82) is 0 Å². The van der Waals surface area contributed by atoms with Crippen molar-refractivity contribution in [3.63, 3.8) is 0 Å². The molecular formula is C13H19NO2. The van der Waals surface area contributed by atoms with Crippen LogP contribution in [-0.2, 0) is 17.8 Å². The topological polar surface area (TPSA) is 44.5 Å². The van der Waals surface area contributed by atoms with E-state index in [1.807, 2.05) is 0 Å². The van der Waals surface area contributed by atoms with Crippen LogP contribution in [0.15, 0.2) is 18.2 Å². The maximum atomic E-state index is 6.10. The van der Waals surface area contributed by atoms with Crippen molar-refractivity contribution in [2.75, 3.05) is 14.2 Å². The number of nitrogens with two attached hydrogens (primary N) is 1. The van der Waals surface area contributed by atoms with Gasteiger partial charge in [-0.05, 0) is 30.9 Å². The smallest absolute Gasteiger partial charge is 0.124 e. The van der Waals surface area contributed by atoms with Crippen LogP contribution in [0.25, 0.3) is 0 Å². The molecule has 1 saturated carbocycles. The van der Waals surface area contributed by atoms with E-state index in [2.05, 4.69) is 18.2 Å². The lowest BCUT2D eigenvalue weighted by atomic mass is 10.0. The Labute approximate surface area is 96.5 Å². The summed E-state index contributed by atoms with van der Waals surface area (Å²) in [5, 5.41) is 0. The van der Waals surface area contributed by atoms with Crippen molar-refractivity contribution >= 4 is 0 Å². The first kappa shape index (κ1) is 11.4. The van der Waals surface area contributed by atoms with E-state index in [-0.39, 0.29) is 5.54 Å². The predicted molar refractivity (Wildman–Crippen MR) is 63.6 cm³/mol. The van der Waals surface area contributed by atoms with Gasteiger partial charge in [0.2, 0.25) is 0 Å². The van der Waals surface area contributed by atoms with Crippen molar-refractivity contribution in [2.24, 2.45) is 5.73 Å². The summed E-state index contributed by atoms with van der Waals surface area (Å²) in [5.74, 6) is 0.892. The fraction of sp³-hybridized carbons (Fsp3) is 0.538. The lowest BCUT2D eigenvalue weighted by Crippen LogP contribution is -2.24. The molecule has 0 radical (unpaired) electrons. The number of benzene rings is 1. The van der Waals surface area contributed by atoms with Crippen LogP contribution in [0.3, 0.4) is 0 Å². The van der Waals surface area contributed by atoms with Gasteiger partial charge in [-0.2, -0.15) is 0 Å². The Morgan fingerprint density at radius 2 is 2.06 bits per heavy atom. The summed E-state index contributed by atoms with van der Waals surface area (Å²) in [6, 6.07) is 6.24. The first-order chi connectivity index (χ1) is 7.67. The van der Waals surface area contributed by atoms with Gasteiger partial charge in [0.05, 0.1) is 13.7 Å². The molecule has 16 heavy (non-hydrogen) atoms. The van der Waals surface area contributed by atoms with Gasteiger partial charge in [-0.25, -0.2) is 0 Å². The van der Waals surface area contributed by atoms with E-state index in [0.717, 1.165) is 30.6 Å². The van der Waals surface area contributed by atoms with E-state index in [9.17, 15) is 0 Å². The van der Waals surface area contributed by atoms with E-state index < -0.39 is 0 Å². The minimum Gasteiger partial charge on any atom is -0.496 e. The molecule has 2 rings (SSSR count). The molecule has 1 aromatic rings. The molecule has 0 heterocycles. The fourth-order valence-electron chi connectivity index (χ4n) is 1.92. The van der Waals surface area contributed by atoms with Crippen LogP contribution in [0.1, 0.15) is 24.0 Å². The van der Waals surface area contributed by atoms with Crippen LogP contribution in [0.5, 0.6) is 5.75 Å². The second kappa shape index (κ2) is 4.44. The van der Waals surface area contributed by atoms with Gasteiger partial charge >= 0.3 is 0 Å². The second-order valence-electron chi connectivity index (χ2n) is 4.62. The average Bonchev–Trinajstić information content (AvgIpc) is 2.99. The highest BCUT2D eigenvalue weighted by molar-refractivity contribution is 5.38. The molecule has 1 fully saturated rings. The highest BCUT2D eigenvalue weighted by atomic mass is 16.5. The van der Waals surface area contributed by atoms with Gasteiger partial charge in [-0.1, -0.05) is 12.1 Å². The Bertz CT molecular complexity index is 372. The van der Waals surface area contributed by atoms with Gasteiger partial charge in [0.15, 0.2) is 0 Å². The minimum absolute atomic E-state index is 0.0494. The third-order valence-corrected chi connectivity index (χ3v) is 3.10. The monoisotopic (exact) mass is 221 g/mol.